The number of hydrogen-bond donors (Lipinski definition) is 0. The lowest BCUT2D eigenvalue weighted by Gasteiger charge is -1.94. The maximum Gasteiger partial charge on any atom is 0.243 e. The van der Waals surface area contributed by atoms with Gasteiger partial charge in [-0.2, -0.15) is 0 Å². The third-order valence-electron chi connectivity index (χ3n) is 0.679. The fourth-order valence-electron chi connectivity index (χ4n) is 0.0701. The number of hydrogen-bond acceptors (Lipinski definition) is 1. The van der Waals surface area contributed by atoms with E-state index in [1.807, 2.05) is 0 Å². The van der Waals surface area contributed by atoms with Crippen LogP contribution in [0.4, 0.5) is 4.39 Å². The summed E-state index contributed by atoms with van der Waals surface area (Å²) < 4.78 is 11.3. The monoisotopic (exact) mass is 104 g/mol. The molecule has 2 nitrogen and oxygen atoms in total. The van der Waals surface area contributed by atoms with Crippen molar-refractivity contribution in [1.29, 1.82) is 0 Å². The van der Waals surface area contributed by atoms with Crippen LogP contribution < -0.4 is 5.73 Å². The molecular formula is C4H7FNO. The van der Waals surface area contributed by atoms with Gasteiger partial charge in [-0.1, -0.05) is 6.92 Å². The number of nitrogens with one attached hydrogen (secondary N) is 1. The first-order valence-corrected chi connectivity index (χ1v) is 2.00. The Morgan fingerprint density at radius 3 is 2.43 bits per heavy atom. The highest BCUT2D eigenvalue weighted by Crippen LogP contribution is 1.91. The molecule has 7 heavy (non-hydrogen) atoms. The highest BCUT2D eigenvalue weighted by molar-refractivity contribution is 5.75. The normalized spacial score (nSPS) is 13.4. The van der Waals surface area contributed by atoms with Gasteiger partial charge in [0.15, 0.2) is 0 Å². The van der Waals surface area contributed by atoms with Gasteiger partial charge < -0.3 is 0 Å². The van der Waals surface area contributed by atoms with Crippen LogP contribution in [0, 0.1) is 5.92 Å². The maximum atomic E-state index is 11.3. The Balaban J connectivity index is 3.34. The van der Waals surface area contributed by atoms with E-state index >= 15 is 0 Å². The van der Waals surface area contributed by atoms with E-state index in [1.54, 1.807) is 0 Å². The summed E-state index contributed by atoms with van der Waals surface area (Å²) in [6, 6.07) is 0. The van der Waals surface area contributed by atoms with Gasteiger partial charge in [-0.3, -0.25) is 14.9 Å². The molecule has 0 spiro atoms. The van der Waals surface area contributed by atoms with Crippen LogP contribution in [0.1, 0.15) is 6.92 Å². The Hall–Kier alpha value is -0.600. The van der Waals surface area contributed by atoms with E-state index < -0.39 is 18.5 Å². The Bertz CT molecular complexity index is 74.1. The minimum absolute atomic E-state index is 0.720. The molecule has 0 aromatic rings. The number of halogens is 1. The largest absolute Gasteiger partial charge is 0.273 e. The zero-order chi connectivity index (χ0) is 5.86. The van der Waals surface area contributed by atoms with Crippen molar-refractivity contribution in [2.75, 3.05) is 6.67 Å². The smallest absolute Gasteiger partial charge is 0.243 e. The zero-order valence-corrected chi connectivity index (χ0v) is 4.07. The number of carbonyl (C=O) groups is 1. The van der Waals surface area contributed by atoms with Crippen molar-refractivity contribution in [1.82, 2.24) is 5.73 Å². The highest BCUT2D eigenvalue weighted by Gasteiger charge is 2.06. The molecule has 0 aliphatic heterocycles. The lowest BCUT2D eigenvalue weighted by molar-refractivity contribution is -0.122. The van der Waals surface area contributed by atoms with Crippen LogP contribution in [0.3, 0.4) is 0 Å². The number of carbonyl (C=O) groups excluding carboxylic acids is 1. The lowest BCUT2D eigenvalue weighted by Crippen LogP contribution is -2.12. The summed E-state index contributed by atoms with van der Waals surface area (Å²) >= 11 is 0. The Morgan fingerprint density at radius 1 is 2.00 bits per heavy atom. The maximum absolute atomic E-state index is 11.3. The molecule has 0 aromatic carbocycles. The molecular weight excluding hydrogens is 97.0 g/mol. The highest BCUT2D eigenvalue weighted by atomic mass is 19.1. The first kappa shape index (κ1) is 6.40. The second-order valence-electron chi connectivity index (χ2n) is 1.42. The summed E-state index contributed by atoms with van der Waals surface area (Å²) in [6.45, 7) is 0.664. The van der Waals surface area contributed by atoms with Gasteiger partial charge in [0.1, 0.15) is 6.67 Å². The molecule has 1 N–H and O–H groups in total. The minimum Gasteiger partial charge on any atom is -0.273 e. The van der Waals surface area contributed by atoms with Gasteiger partial charge in [-0.15, -0.1) is 0 Å². The standard InChI is InChI=1S/C4H7FNO/c1-3(2-5)4(6)7/h3,6H,2H2,1H3/t3-/m1/s1. The molecule has 3 heteroatoms. The van der Waals surface area contributed by atoms with Crippen LogP contribution >= 0.6 is 0 Å². The molecule has 41 valence electrons. The number of rotatable bonds is 2. The molecule has 0 heterocycles. The summed E-state index contributed by atoms with van der Waals surface area (Å²) in [5, 5.41) is 0. The Kier molecular flexibility index (Phi) is 2.33. The van der Waals surface area contributed by atoms with Gasteiger partial charge in [-0.05, 0) is 0 Å². The van der Waals surface area contributed by atoms with Gasteiger partial charge in [0.25, 0.3) is 0 Å². The molecule has 1 amide bonds. The molecule has 0 rings (SSSR count). The quantitative estimate of drug-likeness (QED) is 0.500. The second-order valence-corrected chi connectivity index (χ2v) is 1.42. The molecule has 0 bridgehead atoms. The third kappa shape index (κ3) is 2.14. The average Bonchev–Trinajstić information content (AvgIpc) is 1.65. The molecule has 0 aromatic heterocycles. The lowest BCUT2D eigenvalue weighted by atomic mass is 10.2. The van der Waals surface area contributed by atoms with Crippen LogP contribution in [-0.2, 0) is 4.79 Å². The van der Waals surface area contributed by atoms with E-state index in [4.69, 9.17) is 5.73 Å². The first-order valence-electron chi connectivity index (χ1n) is 2.00. The fourth-order valence-corrected chi connectivity index (χ4v) is 0.0701. The predicted molar refractivity (Wildman–Crippen MR) is 23.2 cm³/mol. The van der Waals surface area contributed by atoms with Gasteiger partial charge in [0.05, 0.1) is 5.92 Å². The molecule has 0 saturated heterocycles. The van der Waals surface area contributed by atoms with Gasteiger partial charge >= 0.3 is 0 Å². The van der Waals surface area contributed by atoms with Crippen LogP contribution in [-0.4, -0.2) is 12.6 Å². The predicted octanol–water partition coefficient (Wildman–Crippen LogP) is 0.402. The van der Waals surface area contributed by atoms with Crippen molar-refractivity contribution in [3.8, 4) is 0 Å². The van der Waals surface area contributed by atoms with Crippen LogP contribution in [0.15, 0.2) is 0 Å². The summed E-state index contributed by atoms with van der Waals surface area (Å²) in [5.74, 6) is -1.57. The fraction of sp³-hybridized carbons (Fsp3) is 0.750. The Morgan fingerprint density at radius 2 is 2.43 bits per heavy atom. The number of amides is 1. The van der Waals surface area contributed by atoms with Crippen molar-refractivity contribution in [3.63, 3.8) is 0 Å². The first-order chi connectivity index (χ1) is 3.18. The molecule has 1 radical (unpaired) electrons. The van der Waals surface area contributed by atoms with E-state index in [1.165, 1.54) is 6.92 Å². The third-order valence-corrected chi connectivity index (χ3v) is 0.679. The Labute approximate surface area is 41.5 Å². The van der Waals surface area contributed by atoms with Crippen molar-refractivity contribution in [3.05, 3.63) is 0 Å². The molecule has 0 fully saturated rings. The molecule has 0 aliphatic carbocycles. The topological polar surface area (TPSA) is 40.9 Å². The van der Waals surface area contributed by atoms with Crippen molar-refractivity contribution >= 4 is 5.91 Å². The van der Waals surface area contributed by atoms with Crippen molar-refractivity contribution in [2.45, 2.75) is 6.92 Å². The summed E-state index contributed by atoms with van der Waals surface area (Å²) in [5.41, 5.74) is 6.30. The van der Waals surface area contributed by atoms with Crippen molar-refractivity contribution in [2.24, 2.45) is 5.92 Å². The van der Waals surface area contributed by atoms with E-state index in [0.717, 1.165) is 0 Å². The molecule has 0 saturated carbocycles. The zero-order valence-electron chi connectivity index (χ0n) is 4.07. The minimum atomic E-state index is -0.831. The summed E-state index contributed by atoms with van der Waals surface area (Å²) in [7, 11) is 0. The van der Waals surface area contributed by atoms with Crippen molar-refractivity contribution < 1.29 is 9.18 Å². The number of alkyl halides is 1. The molecule has 0 unspecified atom stereocenters. The summed E-state index contributed by atoms with van der Waals surface area (Å²) in [6.07, 6.45) is 0. The van der Waals surface area contributed by atoms with E-state index in [0.29, 0.717) is 0 Å². The second kappa shape index (κ2) is 2.55. The van der Waals surface area contributed by atoms with Gasteiger partial charge in [0, 0.05) is 0 Å². The van der Waals surface area contributed by atoms with E-state index in [9.17, 15) is 9.18 Å². The average molecular weight is 104 g/mol. The van der Waals surface area contributed by atoms with E-state index in [2.05, 4.69) is 0 Å². The van der Waals surface area contributed by atoms with Gasteiger partial charge in [0.2, 0.25) is 5.91 Å². The molecule has 1 atom stereocenters. The van der Waals surface area contributed by atoms with E-state index in [-0.39, 0.29) is 0 Å². The molecule has 0 aliphatic rings. The SMILES string of the molecule is C[C@H](CF)C([NH])=O. The summed E-state index contributed by atoms with van der Waals surface area (Å²) in [4.78, 5) is 9.80. The van der Waals surface area contributed by atoms with Crippen LogP contribution in [0.5, 0.6) is 0 Å². The van der Waals surface area contributed by atoms with Crippen LogP contribution in [0.2, 0.25) is 0 Å². The van der Waals surface area contributed by atoms with Gasteiger partial charge in [-0.25, -0.2) is 0 Å². The van der Waals surface area contributed by atoms with Crippen LogP contribution in [0.25, 0.3) is 0 Å².